The fraction of sp³-hybridized carbons (Fsp3) is 0.154. The maximum Gasteiger partial charge on any atom is 0.421 e. The van der Waals surface area contributed by atoms with Gasteiger partial charge in [-0.05, 0) is 18.2 Å². The number of hydrogen-bond donors (Lipinski definition) is 2. The molecule has 0 aliphatic carbocycles. The van der Waals surface area contributed by atoms with Crippen LogP contribution in [-0.4, -0.2) is 17.0 Å². The van der Waals surface area contributed by atoms with Gasteiger partial charge in [-0.1, -0.05) is 6.07 Å². The second kappa shape index (κ2) is 5.66. The molecule has 0 fully saturated rings. The predicted molar refractivity (Wildman–Crippen MR) is 71.0 cm³/mol. The van der Waals surface area contributed by atoms with Crippen molar-refractivity contribution in [3.8, 4) is 6.07 Å². The third-order valence-electron chi connectivity index (χ3n) is 2.58. The Balaban J connectivity index is 2.31. The molecule has 0 bridgehead atoms. The summed E-state index contributed by atoms with van der Waals surface area (Å²) in [5, 5.41) is 13.9. The van der Waals surface area contributed by atoms with Crippen LogP contribution >= 0.6 is 0 Å². The van der Waals surface area contributed by atoms with Crippen molar-refractivity contribution < 1.29 is 13.2 Å². The molecule has 2 rings (SSSR count). The summed E-state index contributed by atoms with van der Waals surface area (Å²) in [7, 11) is 1.34. The van der Waals surface area contributed by atoms with Gasteiger partial charge in [0, 0.05) is 18.9 Å². The number of rotatable bonds is 3. The van der Waals surface area contributed by atoms with Gasteiger partial charge in [-0.3, -0.25) is 0 Å². The normalized spacial score (nSPS) is 10.8. The van der Waals surface area contributed by atoms with E-state index in [2.05, 4.69) is 20.6 Å². The molecule has 0 unspecified atom stereocenters. The zero-order valence-electron chi connectivity index (χ0n) is 10.9. The summed E-state index contributed by atoms with van der Waals surface area (Å²) in [4.78, 5) is 7.41. The molecule has 1 aromatic carbocycles. The monoisotopic (exact) mass is 293 g/mol. The molecule has 2 aromatic rings. The van der Waals surface area contributed by atoms with Crippen LogP contribution in [-0.2, 0) is 6.18 Å². The van der Waals surface area contributed by atoms with Crippen LogP contribution in [0.5, 0.6) is 0 Å². The highest BCUT2D eigenvalue weighted by Crippen LogP contribution is 2.33. The molecule has 0 aliphatic rings. The molecule has 0 spiro atoms. The van der Waals surface area contributed by atoms with Crippen LogP contribution in [0.2, 0.25) is 0 Å². The summed E-state index contributed by atoms with van der Waals surface area (Å²) in [5.74, 6) is -0.320. The van der Waals surface area contributed by atoms with E-state index in [1.165, 1.54) is 7.05 Å². The van der Waals surface area contributed by atoms with Crippen LogP contribution in [0.4, 0.5) is 30.6 Å². The number of nitriles is 1. The van der Waals surface area contributed by atoms with Gasteiger partial charge < -0.3 is 10.6 Å². The minimum Gasteiger partial charge on any atom is -0.372 e. The number of nitrogens with one attached hydrogen (secondary N) is 2. The summed E-state index contributed by atoms with van der Waals surface area (Å²) in [5.41, 5.74) is -0.0158. The van der Waals surface area contributed by atoms with Crippen molar-refractivity contribution in [3.63, 3.8) is 0 Å². The fourth-order valence-electron chi connectivity index (χ4n) is 1.64. The third kappa shape index (κ3) is 3.39. The molecule has 0 saturated heterocycles. The Morgan fingerprint density at radius 3 is 2.67 bits per heavy atom. The Morgan fingerprint density at radius 1 is 1.29 bits per heavy atom. The Labute approximate surface area is 118 Å². The van der Waals surface area contributed by atoms with Gasteiger partial charge in [0.1, 0.15) is 11.4 Å². The Morgan fingerprint density at radius 2 is 2.05 bits per heavy atom. The van der Waals surface area contributed by atoms with Gasteiger partial charge in [0.05, 0.1) is 11.6 Å². The second-order valence-electron chi connectivity index (χ2n) is 4.02. The van der Waals surface area contributed by atoms with Crippen molar-refractivity contribution in [3.05, 3.63) is 41.6 Å². The number of hydrogen-bond acceptors (Lipinski definition) is 5. The fourth-order valence-corrected chi connectivity index (χ4v) is 1.64. The van der Waals surface area contributed by atoms with Crippen LogP contribution in [0.15, 0.2) is 30.5 Å². The van der Waals surface area contributed by atoms with E-state index in [4.69, 9.17) is 5.26 Å². The summed E-state index contributed by atoms with van der Waals surface area (Å²) >= 11 is 0. The van der Waals surface area contributed by atoms with Crippen LogP contribution in [0.3, 0.4) is 0 Å². The minimum atomic E-state index is -4.53. The van der Waals surface area contributed by atoms with E-state index in [0.29, 0.717) is 17.4 Å². The number of benzene rings is 1. The molecule has 5 nitrogen and oxygen atoms in total. The SMILES string of the molecule is CNc1nc(Nc2cccc(C#N)c2)ncc1C(F)(F)F. The topological polar surface area (TPSA) is 73.6 Å². The zero-order chi connectivity index (χ0) is 15.5. The third-order valence-corrected chi connectivity index (χ3v) is 2.58. The minimum absolute atomic E-state index is 0.00226. The summed E-state index contributed by atoms with van der Waals surface area (Å²) in [6, 6.07) is 8.41. The van der Waals surface area contributed by atoms with Crippen LogP contribution in [0, 0.1) is 11.3 Å². The van der Waals surface area contributed by atoms with E-state index in [0.717, 1.165) is 0 Å². The summed E-state index contributed by atoms with van der Waals surface area (Å²) < 4.78 is 38.1. The van der Waals surface area contributed by atoms with Crippen molar-refractivity contribution in [2.75, 3.05) is 17.7 Å². The van der Waals surface area contributed by atoms with Crippen molar-refractivity contribution in [1.82, 2.24) is 9.97 Å². The Kier molecular flexibility index (Phi) is 3.93. The van der Waals surface area contributed by atoms with E-state index in [1.807, 2.05) is 6.07 Å². The molecular formula is C13H10F3N5. The highest BCUT2D eigenvalue weighted by Gasteiger charge is 2.35. The van der Waals surface area contributed by atoms with Gasteiger partial charge in [0.25, 0.3) is 0 Å². The molecule has 8 heteroatoms. The lowest BCUT2D eigenvalue weighted by Gasteiger charge is -2.12. The molecule has 108 valence electrons. The lowest BCUT2D eigenvalue weighted by Crippen LogP contribution is -2.12. The molecule has 0 atom stereocenters. The molecule has 0 saturated carbocycles. The quantitative estimate of drug-likeness (QED) is 0.909. The van der Waals surface area contributed by atoms with Gasteiger partial charge in [-0.25, -0.2) is 4.98 Å². The first kappa shape index (κ1) is 14.6. The molecular weight excluding hydrogens is 283 g/mol. The predicted octanol–water partition coefficient (Wildman–Crippen LogP) is 3.15. The molecule has 21 heavy (non-hydrogen) atoms. The summed E-state index contributed by atoms with van der Waals surface area (Å²) in [6.07, 6.45) is -3.83. The first-order valence-electron chi connectivity index (χ1n) is 5.83. The zero-order valence-corrected chi connectivity index (χ0v) is 10.9. The lowest BCUT2D eigenvalue weighted by molar-refractivity contribution is -0.137. The van der Waals surface area contributed by atoms with E-state index >= 15 is 0 Å². The van der Waals surface area contributed by atoms with Crippen molar-refractivity contribution in [2.45, 2.75) is 6.18 Å². The Bertz CT molecular complexity index is 691. The number of aromatic nitrogens is 2. The smallest absolute Gasteiger partial charge is 0.372 e. The molecule has 0 amide bonds. The maximum absolute atomic E-state index is 12.7. The van der Waals surface area contributed by atoms with Gasteiger partial charge in [-0.15, -0.1) is 0 Å². The van der Waals surface area contributed by atoms with Gasteiger partial charge >= 0.3 is 6.18 Å². The molecule has 0 aliphatic heterocycles. The van der Waals surface area contributed by atoms with Crippen LogP contribution in [0.1, 0.15) is 11.1 Å². The van der Waals surface area contributed by atoms with Crippen LogP contribution in [0.25, 0.3) is 0 Å². The highest BCUT2D eigenvalue weighted by molar-refractivity contribution is 5.58. The van der Waals surface area contributed by atoms with E-state index < -0.39 is 11.7 Å². The first-order chi connectivity index (χ1) is 9.94. The second-order valence-corrected chi connectivity index (χ2v) is 4.02. The number of alkyl halides is 3. The number of nitrogens with zero attached hydrogens (tertiary/aromatic N) is 3. The van der Waals surface area contributed by atoms with Crippen LogP contribution < -0.4 is 10.6 Å². The average Bonchev–Trinajstić information content (AvgIpc) is 2.46. The Hall–Kier alpha value is -2.82. The molecule has 0 radical (unpaired) electrons. The molecule has 1 aromatic heterocycles. The maximum atomic E-state index is 12.7. The highest BCUT2D eigenvalue weighted by atomic mass is 19.4. The van der Waals surface area contributed by atoms with Gasteiger partial charge in [-0.2, -0.15) is 23.4 Å². The molecule has 1 heterocycles. The first-order valence-corrected chi connectivity index (χ1v) is 5.83. The van der Waals surface area contributed by atoms with E-state index in [1.54, 1.807) is 24.3 Å². The summed E-state index contributed by atoms with van der Waals surface area (Å²) in [6.45, 7) is 0. The van der Waals surface area contributed by atoms with E-state index in [-0.39, 0.29) is 11.8 Å². The van der Waals surface area contributed by atoms with Crippen molar-refractivity contribution >= 4 is 17.5 Å². The molecule has 2 N–H and O–H groups in total. The van der Waals surface area contributed by atoms with Crippen molar-refractivity contribution in [1.29, 1.82) is 5.26 Å². The number of anilines is 3. The largest absolute Gasteiger partial charge is 0.421 e. The van der Waals surface area contributed by atoms with Gasteiger partial charge in [0.2, 0.25) is 5.95 Å². The van der Waals surface area contributed by atoms with Gasteiger partial charge in [0.15, 0.2) is 0 Å². The van der Waals surface area contributed by atoms with Crippen molar-refractivity contribution in [2.24, 2.45) is 0 Å². The average molecular weight is 293 g/mol. The lowest BCUT2D eigenvalue weighted by atomic mass is 10.2. The standard InChI is InChI=1S/C13H10F3N5/c1-18-11-10(13(14,15)16)7-19-12(21-11)20-9-4-2-3-8(5-9)6-17/h2-5,7H,1H3,(H2,18,19,20,21). The number of halogens is 3. The van der Waals surface area contributed by atoms with E-state index in [9.17, 15) is 13.2 Å².